The molecule has 0 N–H and O–H groups in total. The average molecular weight is 326 g/mol. The zero-order valence-electron chi connectivity index (χ0n) is 6.75. The van der Waals surface area contributed by atoms with Crippen molar-refractivity contribution in [3.05, 3.63) is 0 Å². The molecule has 1 aliphatic heterocycles. The van der Waals surface area contributed by atoms with Crippen LogP contribution in [0.25, 0.3) is 0 Å². The smallest absolute Gasteiger partial charge is 0.293 e. The summed E-state index contributed by atoms with van der Waals surface area (Å²) in [6.07, 6.45) is -5.51. The van der Waals surface area contributed by atoms with Crippen LogP contribution in [0.15, 0.2) is 0 Å². The number of ether oxygens (including phenoxy) is 2. The van der Waals surface area contributed by atoms with E-state index < -0.39 is 27.0 Å². The van der Waals surface area contributed by atoms with Crippen LogP contribution in [0, 0.1) is 0 Å². The van der Waals surface area contributed by atoms with Gasteiger partial charge in [-0.2, -0.15) is 17.6 Å². The molecule has 2 unspecified atom stereocenters. The quantitative estimate of drug-likeness (QED) is 0.422. The van der Waals surface area contributed by atoms with Gasteiger partial charge in [-0.05, 0) is 23.2 Å². The van der Waals surface area contributed by atoms with Gasteiger partial charge in [0, 0.05) is 0 Å². The third-order valence-electron chi connectivity index (χ3n) is 1.51. The molecule has 0 amide bonds. The second kappa shape index (κ2) is 3.73. The van der Waals surface area contributed by atoms with Crippen LogP contribution in [-0.4, -0.2) is 27.0 Å². The molecule has 0 aromatic rings. The van der Waals surface area contributed by atoms with Crippen molar-refractivity contribution in [2.24, 2.45) is 0 Å². The molecule has 0 radical (unpaired) electrons. The van der Waals surface area contributed by atoms with E-state index in [2.05, 4.69) is 21.1 Å². The van der Waals surface area contributed by atoms with E-state index in [1.165, 1.54) is 0 Å². The van der Waals surface area contributed by atoms with Crippen molar-refractivity contribution in [1.82, 2.24) is 0 Å². The first-order valence-corrected chi connectivity index (χ1v) is 4.79. The third kappa shape index (κ3) is 1.97. The Kier molecular flexibility index (Phi) is 3.39. The molecule has 2 atom stereocenters. The molecule has 1 aliphatic rings. The minimum atomic E-state index is -5.51. The molecular weight excluding hydrogens is 326 g/mol. The Morgan fingerprint density at radius 2 is 1.56 bits per heavy atom. The second-order valence-electron chi connectivity index (χ2n) is 2.63. The monoisotopic (exact) mass is 324 g/mol. The van der Waals surface area contributed by atoms with Gasteiger partial charge in [0.25, 0.3) is 9.76 Å². The van der Waals surface area contributed by atoms with E-state index in [4.69, 9.17) is 34.8 Å². The van der Waals surface area contributed by atoms with Crippen molar-refractivity contribution < 1.29 is 31.8 Å². The van der Waals surface area contributed by atoms with Gasteiger partial charge in [-0.15, -0.1) is 0 Å². The highest BCUT2D eigenvalue weighted by Crippen LogP contribution is 2.57. The molecule has 16 heavy (non-hydrogen) atoms. The van der Waals surface area contributed by atoms with Crippen LogP contribution in [0.4, 0.5) is 17.6 Å². The standard InChI is InChI=1S/C5Cl4F4O3/c6-1(14)2(5(11,12)13)15-3(7,8)4(9,10)16-2. The van der Waals surface area contributed by atoms with Crippen molar-refractivity contribution in [3.63, 3.8) is 0 Å². The summed E-state index contributed by atoms with van der Waals surface area (Å²) in [6.45, 7) is 0. The van der Waals surface area contributed by atoms with Gasteiger partial charge in [0.05, 0.1) is 0 Å². The van der Waals surface area contributed by atoms with E-state index >= 15 is 0 Å². The molecule has 3 nitrogen and oxygen atoms in total. The Labute approximate surface area is 105 Å². The summed E-state index contributed by atoms with van der Waals surface area (Å²) in [6, 6.07) is 0. The Balaban J connectivity index is 3.27. The predicted molar refractivity (Wildman–Crippen MR) is 45.9 cm³/mol. The van der Waals surface area contributed by atoms with Crippen LogP contribution in [0.2, 0.25) is 0 Å². The van der Waals surface area contributed by atoms with Crippen molar-refractivity contribution >= 4 is 51.6 Å². The summed E-state index contributed by atoms with van der Waals surface area (Å²) in [5, 5.41) is -6.00. The summed E-state index contributed by atoms with van der Waals surface area (Å²) in [7, 11) is 0. The number of alkyl halides is 7. The Hall–Kier alpha value is 0.470. The number of carbonyl (C=O) groups is 1. The molecule has 0 saturated carbocycles. The van der Waals surface area contributed by atoms with Gasteiger partial charge in [0.2, 0.25) is 0 Å². The summed E-state index contributed by atoms with van der Waals surface area (Å²) in [5.41, 5.74) is 0. The van der Waals surface area contributed by atoms with E-state index in [9.17, 15) is 22.4 Å². The molecule has 94 valence electrons. The van der Waals surface area contributed by atoms with E-state index in [1.807, 2.05) is 0 Å². The minimum absolute atomic E-state index is 2.22. The lowest BCUT2D eigenvalue weighted by Gasteiger charge is -2.25. The molecule has 1 rings (SSSR count). The fourth-order valence-electron chi connectivity index (χ4n) is 0.808. The summed E-state index contributed by atoms with van der Waals surface area (Å²) < 4.78 is 54.7. The average Bonchev–Trinajstić information content (AvgIpc) is 2.17. The summed E-state index contributed by atoms with van der Waals surface area (Å²) >= 11 is 19.4. The summed E-state index contributed by atoms with van der Waals surface area (Å²) in [5.74, 6) is -4.14. The predicted octanol–water partition coefficient (Wildman–Crippen LogP) is 3.05. The molecule has 0 aromatic carbocycles. The number of carbonyl (C=O) groups excluding carboxylic acids is 1. The van der Waals surface area contributed by atoms with Crippen molar-refractivity contribution in [2.45, 2.75) is 21.8 Å². The van der Waals surface area contributed by atoms with Gasteiger partial charge < -0.3 is 0 Å². The lowest BCUT2D eigenvalue weighted by Crippen LogP contribution is -2.52. The Morgan fingerprint density at radius 1 is 1.12 bits per heavy atom. The number of hydrogen-bond acceptors (Lipinski definition) is 3. The van der Waals surface area contributed by atoms with E-state index in [0.717, 1.165) is 0 Å². The highest BCUT2D eigenvalue weighted by Gasteiger charge is 2.78. The first-order valence-electron chi connectivity index (χ1n) is 3.28. The maximum Gasteiger partial charge on any atom is 0.453 e. The van der Waals surface area contributed by atoms with Gasteiger partial charge in [-0.25, -0.2) is 0 Å². The van der Waals surface area contributed by atoms with Gasteiger partial charge in [0.1, 0.15) is 0 Å². The zero-order valence-corrected chi connectivity index (χ0v) is 9.77. The first-order chi connectivity index (χ1) is 6.86. The molecular formula is C5Cl4F4O3. The molecule has 0 spiro atoms. The van der Waals surface area contributed by atoms with E-state index in [-0.39, 0.29) is 0 Å². The van der Waals surface area contributed by atoms with Crippen molar-refractivity contribution in [1.29, 1.82) is 0 Å². The molecule has 0 aliphatic carbocycles. The van der Waals surface area contributed by atoms with Crippen LogP contribution in [-0.2, 0) is 14.3 Å². The Bertz CT molecular complexity index is 312. The van der Waals surface area contributed by atoms with Crippen LogP contribution >= 0.6 is 46.4 Å². The van der Waals surface area contributed by atoms with Gasteiger partial charge in [-0.1, -0.05) is 23.2 Å². The SMILES string of the molecule is O=C(Cl)C1(C(F)(F)F)OC(F)(Cl)C(Cl)(Cl)O1. The Morgan fingerprint density at radius 3 is 1.69 bits per heavy atom. The fourth-order valence-corrected chi connectivity index (χ4v) is 1.43. The second-order valence-corrected chi connectivity index (χ2v) is 4.71. The van der Waals surface area contributed by atoms with Crippen LogP contribution in [0.3, 0.4) is 0 Å². The third-order valence-corrected chi connectivity index (χ3v) is 2.94. The topological polar surface area (TPSA) is 35.5 Å². The van der Waals surface area contributed by atoms with Gasteiger partial charge in [-0.3, -0.25) is 14.3 Å². The highest BCUT2D eigenvalue weighted by molar-refractivity contribution is 6.65. The largest absolute Gasteiger partial charge is 0.453 e. The summed E-state index contributed by atoms with van der Waals surface area (Å²) in [4.78, 5) is 10.6. The van der Waals surface area contributed by atoms with Crippen LogP contribution in [0.5, 0.6) is 0 Å². The molecule has 0 bridgehead atoms. The van der Waals surface area contributed by atoms with Crippen LogP contribution in [0.1, 0.15) is 0 Å². The highest BCUT2D eigenvalue weighted by atomic mass is 35.5. The van der Waals surface area contributed by atoms with Crippen molar-refractivity contribution in [2.75, 3.05) is 0 Å². The lowest BCUT2D eigenvalue weighted by molar-refractivity contribution is -0.333. The van der Waals surface area contributed by atoms with E-state index in [0.29, 0.717) is 0 Å². The van der Waals surface area contributed by atoms with E-state index in [1.54, 1.807) is 0 Å². The van der Waals surface area contributed by atoms with Gasteiger partial charge >= 0.3 is 17.3 Å². The maximum absolute atomic E-state index is 13.2. The molecule has 0 aromatic heterocycles. The first kappa shape index (κ1) is 14.5. The molecule has 1 saturated heterocycles. The molecule has 11 heteroatoms. The number of hydrogen-bond donors (Lipinski definition) is 0. The molecule has 1 fully saturated rings. The van der Waals surface area contributed by atoms with Gasteiger partial charge in [0.15, 0.2) is 0 Å². The maximum atomic E-state index is 13.2. The number of rotatable bonds is 1. The zero-order chi connectivity index (χ0) is 13.0. The lowest BCUT2D eigenvalue weighted by atomic mass is 10.3. The normalized spacial score (nSPS) is 38.8. The van der Waals surface area contributed by atoms with Crippen LogP contribution < -0.4 is 0 Å². The van der Waals surface area contributed by atoms with Crippen molar-refractivity contribution in [3.8, 4) is 0 Å². The fraction of sp³-hybridized carbons (Fsp3) is 0.800. The minimum Gasteiger partial charge on any atom is -0.293 e. The molecule has 1 heterocycles. The number of halogens is 8.